The molecule has 1 aromatic rings. The molecule has 0 atom stereocenters. The number of amides is 6. The molecule has 1 aliphatic rings. The Morgan fingerprint density at radius 3 is 1.88 bits per heavy atom. The Morgan fingerprint density at radius 1 is 0.917 bits per heavy atom. The van der Waals surface area contributed by atoms with Crippen LogP contribution in [0.25, 0.3) is 0 Å². The van der Waals surface area contributed by atoms with E-state index in [2.05, 4.69) is 10.6 Å². The molecule has 24 heavy (non-hydrogen) atoms. The summed E-state index contributed by atoms with van der Waals surface area (Å²) in [6.45, 7) is 2.45. The Morgan fingerprint density at radius 2 is 1.42 bits per heavy atom. The Bertz CT molecular complexity index is 713. The Labute approximate surface area is 137 Å². The van der Waals surface area contributed by atoms with E-state index in [1.165, 1.54) is 6.92 Å². The number of imide groups is 2. The van der Waals surface area contributed by atoms with Crippen LogP contribution in [0, 0.1) is 0 Å². The molecular weight excluding hydrogens is 316 g/mol. The number of hydrogen-bond donors (Lipinski definition) is 2. The second-order valence-corrected chi connectivity index (χ2v) is 5.03. The molecule has 0 spiro atoms. The first-order chi connectivity index (χ1) is 11.3. The third kappa shape index (κ3) is 3.57. The van der Waals surface area contributed by atoms with E-state index in [4.69, 9.17) is 0 Å². The van der Waals surface area contributed by atoms with E-state index in [1.807, 2.05) is 0 Å². The molecule has 0 unspecified atom stereocenters. The summed E-state index contributed by atoms with van der Waals surface area (Å²) in [4.78, 5) is 59.4. The molecule has 6 amide bonds. The van der Waals surface area contributed by atoms with Crippen LogP contribution in [0.1, 0.15) is 13.8 Å². The number of likely N-dealkylation sites (N-methyl/N-ethyl adjacent to an activating group) is 1. The maximum absolute atomic E-state index is 12.0. The lowest BCUT2D eigenvalue weighted by Gasteiger charge is -2.14. The Kier molecular flexibility index (Phi) is 4.93. The Hall–Kier alpha value is -3.23. The zero-order valence-electron chi connectivity index (χ0n) is 13.2. The van der Waals surface area contributed by atoms with Gasteiger partial charge in [-0.3, -0.25) is 24.1 Å². The van der Waals surface area contributed by atoms with Gasteiger partial charge in [0.15, 0.2) is 0 Å². The molecule has 2 rings (SSSR count). The third-order valence-electron chi connectivity index (χ3n) is 3.24. The van der Waals surface area contributed by atoms with Crippen LogP contribution in [0.4, 0.5) is 16.2 Å². The van der Waals surface area contributed by atoms with Crippen molar-refractivity contribution in [2.45, 2.75) is 13.8 Å². The van der Waals surface area contributed by atoms with E-state index in [0.29, 0.717) is 16.3 Å². The van der Waals surface area contributed by atoms with Crippen molar-refractivity contribution in [2.75, 3.05) is 23.7 Å². The summed E-state index contributed by atoms with van der Waals surface area (Å²) in [5, 5.41) is 5.09. The van der Waals surface area contributed by atoms with Crippen LogP contribution in [0.3, 0.4) is 0 Å². The minimum absolute atomic E-state index is 0.0616. The predicted molar refractivity (Wildman–Crippen MR) is 83.9 cm³/mol. The molecule has 126 valence electrons. The van der Waals surface area contributed by atoms with Gasteiger partial charge in [-0.15, -0.1) is 0 Å². The van der Waals surface area contributed by atoms with Crippen LogP contribution in [-0.2, 0) is 19.2 Å². The predicted octanol–water partition coefficient (Wildman–Crippen LogP) is 0.394. The summed E-state index contributed by atoms with van der Waals surface area (Å²) in [6, 6.07) is 5.49. The highest BCUT2D eigenvalue weighted by Crippen LogP contribution is 2.15. The van der Waals surface area contributed by atoms with Gasteiger partial charge in [0, 0.05) is 24.8 Å². The van der Waals surface area contributed by atoms with Crippen LogP contribution >= 0.6 is 0 Å². The molecular formula is C15H16N4O5. The first-order valence-electron chi connectivity index (χ1n) is 7.18. The second kappa shape index (κ2) is 6.90. The highest BCUT2D eigenvalue weighted by atomic mass is 16.2. The van der Waals surface area contributed by atoms with E-state index >= 15 is 0 Å². The van der Waals surface area contributed by atoms with Gasteiger partial charge in [0.05, 0.1) is 0 Å². The summed E-state index contributed by atoms with van der Waals surface area (Å²) in [7, 11) is 0. The number of nitrogens with zero attached hydrogens (tertiary/aromatic N) is 2. The van der Waals surface area contributed by atoms with Crippen molar-refractivity contribution < 1.29 is 24.0 Å². The van der Waals surface area contributed by atoms with E-state index < -0.39 is 30.3 Å². The topological polar surface area (TPSA) is 116 Å². The second-order valence-electron chi connectivity index (χ2n) is 5.03. The molecule has 0 saturated carbocycles. The first-order valence-corrected chi connectivity index (χ1v) is 7.18. The molecule has 1 fully saturated rings. The van der Waals surface area contributed by atoms with Crippen LogP contribution in [-0.4, -0.2) is 52.5 Å². The molecule has 2 N–H and O–H groups in total. The average Bonchev–Trinajstić information content (AvgIpc) is 2.72. The number of anilines is 2. The van der Waals surface area contributed by atoms with Gasteiger partial charge in [-0.1, -0.05) is 0 Å². The van der Waals surface area contributed by atoms with Gasteiger partial charge in [0.1, 0.15) is 6.54 Å². The van der Waals surface area contributed by atoms with Crippen LogP contribution < -0.4 is 10.6 Å². The number of urea groups is 1. The number of hydrogen-bond acceptors (Lipinski definition) is 5. The molecule has 1 aromatic carbocycles. The van der Waals surface area contributed by atoms with Crippen molar-refractivity contribution in [1.29, 1.82) is 0 Å². The largest absolute Gasteiger partial charge is 0.334 e. The van der Waals surface area contributed by atoms with Crippen molar-refractivity contribution in [3.63, 3.8) is 0 Å². The zero-order chi connectivity index (χ0) is 17.9. The summed E-state index contributed by atoms with van der Waals surface area (Å²) in [5.74, 6) is -2.79. The van der Waals surface area contributed by atoms with Crippen molar-refractivity contribution in [1.82, 2.24) is 9.80 Å². The van der Waals surface area contributed by atoms with E-state index in [9.17, 15) is 24.0 Å². The molecule has 1 aliphatic heterocycles. The summed E-state index contributed by atoms with van der Waals surface area (Å²) in [6.07, 6.45) is 0. The number of carbonyl (C=O) groups excluding carboxylic acids is 5. The summed E-state index contributed by atoms with van der Waals surface area (Å²) in [5.41, 5.74) is 0.987. The van der Waals surface area contributed by atoms with Gasteiger partial charge in [-0.25, -0.2) is 9.69 Å². The molecule has 1 heterocycles. The molecule has 0 radical (unpaired) electrons. The fraction of sp³-hybridized carbons (Fsp3) is 0.267. The standard InChI is InChI=1S/C15H16N4O5/c1-3-18-13(22)14(23)19(15(18)24)8-12(21)17-11-6-4-10(5-7-11)16-9(2)20/h4-7H,3,8H2,1-2H3,(H,16,20)(H,17,21). The van der Waals surface area contributed by atoms with Crippen molar-refractivity contribution >= 4 is 41.0 Å². The SMILES string of the molecule is CCN1C(=O)C(=O)N(CC(=O)Nc2ccc(NC(C)=O)cc2)C1=O. The summed E-state index contributed by atoms with van der Waals surface area (Å²) >= 11 is 0. The van der Waals surface area contributed by atoms with Gasteiger partial charge >= 0.3 is 17.8 Å². The van der Waals surface area contributed by atoms with E-state index in [0.717, 1.165) is 4.90 Å². The molecule has 9 heteroatoms. The normalized spacial score (nSPS) is 14.2. The molecule has 0 aromatic heterocycles. The van der Waals surface area contributed by atoms with Crippen molar-refractivity contribution in [3.8, 4) is 0 Å². The van der Waals surface area contributed by atoms with Gasteiger partial charge in [0.2, 0.25) is 11.8 Å². The average molecular weight is 332 g/mol. The van der Waals surface area contributed by atoms with E-state index in [-0.39, 0.29) is 12.5 Å². The van der Waals surface area contributed by atoms with Crippen molar-refractivity contribution in [2.24, 2.45) is 0 Å². The monoisotopic (exact) mass is 332 g/mol. The highest BCUT2D eigenvalue weighted by molar-refractivity contribution is 6.45. The fourth-order valence-electron chi connectivity index (χ4n) is 2.15. The zero-order valence-corrected chi connectivity index (χ0v) is 13.2. The van der Waals surface area contributed by atoms with Crippen LogP contribution in [0.5, 0.6) is 0 Å². The maximum Gasteiger partial charge on any atom is 0.334 e. The minimum atomic E-state index is -1.02. The number of nitrogens with one attached hydrogen (secondary N) is 2. The molecule has 1 saturated heterocycles. The minimum Gasteiger partial charge on any atom is -0.326 e. The van der Waals surface area contributed by atoms with Gasteiger partial charge in [-0.2, -0.15) is 0 Å². The van der Waals surface area contributed by atoms with E-state index in [1.54, 1.807) is 31.2 Å². The smallest absolute Gasteiger partial charge is 0.326 e. The molecule has 9 nitrogen and oxygen atoms in total. The molecule has 0 aliphatic carbocycles. The lowest BCUT2D eigenvalue weighted by molar-refractivity contribution is -0.143. The number of carbonyl (C=O) groups is 5. The highest BCUT2D eigenvalue weighted by Gasteiger charge is 2.44. The maximum atomic E-state index is 12.0. The van der Waals surface area contributed by atoms with Crippen molar-refractivity contribution in [3.05, 3.63) is 24.3 Å². The first kappa shape index (κ1) is 17.1. The van der Waals surface area contributed by atoms with Gasteiger partial charge in [-0.05, 0) is 31.2 Å². The number of rotatable bonds is 5. The number of benzene rings is 1. The fourth-order valence-corrected chi connectivity index (χ4v) is 2.15. The molecule has 0 bridgehead atoms. The lowest BCUT2D eigenvalue weighted by atomic mass is 10.2. The summed E-state index contributed by atoms with van der Waals surface area (Å²) < 4.78 is 0. The lowest BCUT2D eigenvalue weighted by Crippen LogP contribution is -2.38. The van der Waals surface area contributed by atoms with Crippen LogP contribution in [0.2, 0.25) is 0 Å². The third-order valence-corrected chi connectivity index (χ3v) is 3.24. The van der Waals surface area contributed by atoms with Gasteiger partial charge in [0.25, 0.3) is 0 Å². The van der Waals surface area contributed by atoms with Crippen LogP contribution in [0.15, 0.2) is 24.3 Å². The van der Waals surface area contributed by atoms with Gasteiger partial charge < -0.3 is 10.6 Å². The Balaban J connectivity index is 1.98. The quantitative estimate of drug-likeness (QED) is 0.598.